The third-order valence-corrected chi connectivity index (χ3v) is 6.75. The summed E-state index contributed by atoms with van der Waals surface area (Å²) in [6.07, 6.45) is -0.406. The van der Waals surface area contributed by atoms with Crippen molar-refractivity contribution in [2.45, 2.75) is 30.9 Å². The fourth-order valence-corrected chi connectivity index (χ4v) is 4.80. The molecular formula is C22H20ClF3N6O. The fourth-order valence-electron chi connectivity index (χ4n) is 4.62. The van der Waals surface area contributed by atoms with Crippen molar-refractivity contribution in [3.05, 3.63) is 53.2 Å². The maximum absolute atomic E-state index is 14.4. The average molecular weight is 477 g/mol. The highest BCUT2D eigenvalue weighted by atomic mass is 35.5. The zero-order valence-electron chi connectivity index (χ0n) is 17.7. The highest BCUT2D eigenvalue weighted by Crippen LogP contribution is 2.49. The van der Waals surface area contributed by atoms with Crippen molar-refractivity contribution >= 4 is 34.4 Å². The molecule has 4 heterocycles. The van der Waals surface area contributed by atoms with Crippen molar-refractivity contribution in [2.75, 3.05) is 31.1 Å². The van der Waals surface area contributed by atoms with E-state index in [0.29, 0.717) is 29.8 Å². The lowest BCUT2D eigenvalue weighted by atomic mass is 9.78. The molecule has 7 nitrogen and oxygen atoms in total. The van der Waals surface area contributed by atoms with Crippen molar-refractivity contribution in [3.63, 3.8) is 0 Å². The third kappa shape index (κ3) is 3.66. The predicted octanol–water partition coefficient (Wildman–Crippen LogP) is 3.73. The Kier molecular flexibility index (Phi) is 5.15. The topological polar surface area (TPSA) is 75.1 Å². The summed E-state index contributed by atoms with van der Waals surface area (Å²) >= 11 is 6.00. The van der Waals surface area contributed by atoms with E-state index >= 15 is 0 Å². The summed E-state index contributed by atoms with van der Waals surface area (Å²) in [7, 11) is 0. The van der Waals surface area contributed by atoms with Crippen LogP contribution in [0.25, 0.3) is 10.9 Å². The van der Waals surface area contributed by atoms with Crippen molar-refractivity contribution in [1.82, 2.24) is 24.8 Å². The molecule has 2 aromatic heterocycles. The van der Waals surface area contributed by atoms with Crippen LogP contribution < -0.4 is 4.90 Å². The Morgan fingerprint density at radius 2 is 1.94 bits per heavy atom. The quantitative estimate of drug-likeness (QED) is 0.573. The second kappa shape index (κ2) is 7.79. The Hall–Kier alpha value is -3.01. The molecule has 0 spiro atoms. The number of alkyl halides is 3. The number of amides is 1. The first-order chi connectivity index (χ1) is 15.7. The van der Waals surface area contributed by atoms with Crippen LogP contribution >= 0.6 is 11.6 Å². The number of fused-ring (bicyclic) bond motifs is 1. The highest BCUT2D eigenvalue weighted by molar-refractivity contribution is 6.31. The summed E-state index contributed by atoms with van der Waals surface area (Å²) in [6, 6.07) is 5.32. The molecule has 1 atom stereocenters. The van der Waals surface area contributed by atoms with Gasteiger partial charge >= 0.3 is 6.18 Å². The maximum atomic E-state index is 14.4. The van der Waals surface area contributed by atoms with Crippen LogP contribution in [0.4, 0.5) is 19.1 Å². The minimum absolute atomic E-state index is 0.0383. The predicted molar refractivity (Wildman–Crippen MR) is 116 cm³/mol. The number of hydrogen-bond acceptors (Lipinski definition) is 6. The zero-order valence-corrected chi connectivity index (χ0v) is 18.4. The smallest absolute Gasteiger partial charge is 0.342 e. The summed E-state index contributed by atoms with van der Waals surface area (Å²) in [6.45, 7) is 1.73. The van der Waals surface area contributed by atoms with Gasteiger partial charge in [-0.15, -0.1) is 0 Å². The Morgan fingerprint density at radius 1 is 1.18 bits per heavy atom. The minimum Gasteiger partial charge on any atom is -0.342 e. The van der Waals surface area contributed by atoms with Gasteiger partial charge in [-0.2, -0.15) is 13.2 Å². The van der Waals surface area contributed by atoms with E-state index in [9.17, 15) is 18.0 Å². The van der Waals surface area contributed by atoms with Gasteiger partial charge in [0.05, 0.1) is 16.9 Å². The zero-order chi connectivity index (χ0) is 23.4. The molecule has 2 aliphatic heterocycles. The second-order valence-electron chi connectivity index (χ2n) is 8.54. The Bertz CT molecular complexity index is 1230. The van der Waals surface area contributed by atoms with E-state index in [-0.39, 0.29) is 30.5 Å². The van der Waals surface area contributed by atoms with Crippen LogP contribution in [0.3, 0.4) is 0 Å². The summed E-state index contributed by atoms with van der Waals surface area (Å²) in [5.41, 5.74) is -1.25. The second-order valence-corrected chi connectivity index (χ2v) is 8.97. The summed E-state index contributed by atoms with van der Waals surface area (Å²) < 4.78 is 43.1. The molecule has 2 saturated heterocycles. The van der Waals surface area contributed by atoms with Crippen LogP contribution in [0, 0.1) is 0 Å². The SMILES string of the molecule is CC(=O)N1CC[C@](c2nccnc2C2CN(c3ncc4cc(Cl)ccc4n3)C2)(C(F)(F)F)C1. The molecule has 0 radical (unpaired) electrons. The lowest BCUT2D eigenvalue weighted by Gasteiger charge is -2.41. The van der Waals surface area contributed by atoms with E-state index in [4.69, 9.17) is 11.6 Å². The van der Waals surface area contributed by atoms with Crippen molar-refractivity contribution in [1.29, 1.82) is 0 Å². The molecule has 1 aromatic carbocycles. The van der Waals surface area contributed by atoms with Gasteiger partial charge in [-0.25, -0.2) is 9.97 Å². The van der Waals surface area contributed by atoms with Crippen molar-refractivity contribution < 1.29 is 18.0 Å². The number of halogens is 4. The van der Waals surface area contributed by atoms with Crippen molar-refractivity contribution in [2.24, 2.45) is 0 Å². The average Bonchev–Trinajstić information content (AvgIpc) is 3.20. The minimum atomic E-state index is -4.56. The van der Waals surface area contributed by atoms with E-state index in [2.05, 4.69) is 19.9 Å². The monoisotopic (exact) mass is 476 g/mol. The van der Waals surface area contributed by atoms with Gasteiger partial charge in [0.2, 0.25) is 11.9 Å². The van der Waals surface area contributed by atoms with Gasteiger partial charge in [-0.3, -0.25) is 14.8 Å². The normalized spacial score (nSPS) is 21.5. The molecule has 2 fully saturated rings. The first-order valence-electron chi connectivity index (χ1n) is 10.5. The Balaban J connectivity index is 1.42. The van der Waals surface area contributed by atoms with Crippen LogP contribution in [0.5, 0.6) is 0 Å². The van der Waals surface area contributed by atoms with Crippen LogP contribution in [-0.4, -0.2) is 63.1 Å². The number of likely N-dealkylation sites (tertiary alicyclic amines) is 1. The van der Waals surface area contributed by atoms with Gasteiger partial charge in [0.1, 0.15) is 5.41 Å². The molecule has 172 valence electrons. The van der Waals surface area contributed by atoms with Gasteiger partial charge in [-0.05, 0) is 24.6 Å². The molecule has 3 aromatic rings. The number of hydrogen-bond donors (Lipinski definition) is 0. The molecule has 0 bridgehead atoms. The van der Waals surface area contributed by atoms with E-state index in [1.165, 1.54) is 24.2 Å². The summed E-state index contributed by atoms with van der Waals surface area (Å²) in [5.74, 6) is -0.124. The number of nitrogens with zero attached hydrogens (tertiary/aromatic N) is 6. The van der Waals surface area contributed by atoms with Crippen LogP contribution in [0.15, 0.2) is 36.8 Å². The van der Waals surface area contributed by atoms with Crippen molar-refractivity contribution in [3.8, 4) is 0 Å². The van der Waals surface area contributed by atoms with Gasteiger partial charge in [0.15, 0.2) is 0 Å². The van der Waals surface area contributed by atoms with Crippen LogP contribution in [-0.2, 0) is 10.2 Å². The number of rotatable bonds is 3. The molecule has 5 rings (SSSR count). The van der Waals surface area contributed by atoms with Gasteiger partial charge < -0.3 is 9.80 Å². The Labute approximate surface area is 192 Å². The fraction of sp³-hybridized carbons (Fsp3) is 0.409. The highest BCUT2D eigenvalue weighted by Gasteiger charge is 2.62. The Morgan fingerprint density at radius 3 is 2.64 bits per heavy atom. The van der Waals surface area contributed by atoms with Gasteiger partial charge in [-0.1, -0.05) is 11.6 Å². The third-order valence-electron chi connectivity index (χ3n) is 6.52. The first-order valence-corrected chi connectivity index (χ1v) is 10.9. The number of anilines is 1. The standard InChI is InChI=1S/C22H20ClF3N6O/c1-13(33)31-7-4-21(12-31,22(24,25)26)19-18(27-5-6-28-19)15-10-32(11-15)20-29-9-14-8-16(23)2-3-17(14)30-20/h2-3,5-6,8-9,15H,4,7,10-12H2,1H3/t21-/m0/s1. The largest absolute Gasteiger partial charge is 0.401 e. The van der Waals surface area contributed by atoms with E-state index < -0.39 is 18.1 Å². The molecule has 0 aliphatic carbocycles. The number of benzene rings is 1. The number of carbonyl (C=O) groups excluding carboxylic acids is 1. The molecule has 0 N–H and O–H groups in total. The summed E-state index contributed by atoms with van der Waals surface area (Å²) in [5, 5.41) is 1.40. The molecule has 11 heteroatoms. The lowest BCUT2D eigenvalue weighted by Crippen LogP contribution is -2.50. The van der Waals surface area contributed by atoms with E-state index in [1.807, 2.05) is 4.90 Å². The van der Waals surface area contributed by atoms with Crippen LogP contribution in [0.1, 0.15) is 30.7 Å². The lowest BCUT2D eigenvalue weighted by molar-refractivity contribution is -0.188. The molecule has 2 aliphatic rings. The number of aromatic nitrogens is 4. The molecular weight excluding hydrogens is 457 g/mol. The first kappa shape index (κ1) is 21.8. The van der Waals surface area contributed by atoms with Crippen LogP contribution in [0.2, 0.25) is 5.02 Å². The van der Waals surface area contributed by atoms with Gasteiger partial charge in [0, 0.05) is 68.0 Å². The molecule has 0 saturated carbocycles. The number of carbonyl (C=O) groups is 1. The van der Waals surface area contributed by atoms with Gasteiger partial charge in [0.25, 0.3) is 0 Å². The van der Waals surface area contributed by atoms with E-state index in [1.54, 1.807) is 24.4 Å². The molecule has 33 heavy (non-hydrogen) atoms. The summed E-state index contributed by atoms with van der Waals surface area (Å²) in [4.78, 5) is 32.3. The van der Waals surface area contributed by atoms with E-state index in [0.717, 1.165) is 10.9 Å². The maximum Gasteiger partial charge on any atom is 0.401 e. The molecule has 0 unspecified atom stereocenters. The molecule has 1 amide bonds.